The number of carbonyl (C=O) groups is 1. The molecule has 0 spiro atoms. The molecule has 94 valence electrons. The van der Waals surface area contributed by atoms with Crippen LogP contribution in [-0.4, -0.2) is 22.4 Å². The Morgan fingerprint density at radius 3 is 2.71 bits per heavy atom. The zero-order chi connectivity index (χ0) is 13.0. The Labute approximate surface area is 108 Å². The van der Waals surface area contributed by atoms with E-state index < -0.39 is 17.6 Å². The lowest BCUT2D eigenvalue weighted by molar-refractivity contribution is -0.147. The molecule has 0 fully saturated rings. The number of nitrogens with zero attached hydrogens (tertiary/aromatic N) is 2. The van der Waals surface area contributed by atoms with Gasteiger partial charge in [-0.05, 0) is 13.3 Å². The van der Waals surface area contributed by atoms with Gasteiger partial charge in [-0.25, -0.2) is 9.48 Å². The fourth-order valence-electron chi connectivity index (χ4n) is 1.32. The Balaban J connectivity index is 3.18. The predicted octanol–water partition coefficient (Wildman–Crippen LogP) is 2.06. The first-order chi connectivity index (χ1) is 8.02. The van der Waals surface area contributed by atoms with E-state index in [2.05, 4.69) is 5.10 Å². The van der Waals surface area contributed by atoms with Gasteiger partial charge in [0, 0.05) is 0 Å². The molecule has 1 aromatic rings. The molecule has 0 saturated carbocycles. The Morgan fingerprint density at radius 1 is 1.53 bits per heavy atom. The highest BCUT2D eigenvalue weighted by Crippen LogP contribution is 2.17. The van der Waals surface area contributed by atoms with Crippen molar-refractivity contribution in [1.29, 1.82) is 0 Å². The highest BCUT2D eigenvalue weighted by Gasteiger charge is 2.23. The van der Waals surface area contributed by atoms with E-state index in [0.29, 0.717) is 6.42 Å². The van der Waals surface area contributed by atoms with E-state index in [1.165, 1.54) is 6.20 Å². The van der Waals surface area contributed by atoms with Crippen molar-refractivity contribution in [3.8, 4) is 0 Å². The summed E-state index contributed by atoms with van der Waals surface area (Å²) in [5, 5.41) is 3.71. The molecule has 7 heteroatoms. The zero-order valence-electron chi connectivity index (χ0n) is 9.44. The molecule has 1 aromatic heterocycles. The number of esters is 1. The Kier molecular flexibility index (Phi) is 4.96. The van der Waals surface area contributed by atoms with Crippen LogP contribution in [0.4, 0.5) is 0 Å². The average Bonchev–Trinajstić information content (AvgIpc) is 2.30. The van der Waals surface area contributed by atoms with Crippen LogP contribution in [0.1, 0.15) is 26.3 Å². The topological polar surface area (TPSA) is 61.2 Å². The molecule has 0 bridgehead atoms. The molecular formula is C10H12Cl2N2O3. The lowest BCUT2D eigenvalue weighted by atomic mass is 10.2. The molecule has 0 aliphatic heterocycles. The molecule has 0 amide bonds. The van der Waals surface area contributed by atoms with Crippen molar-refractivity contribution in [2.24, 2.45) is 0 Å². The summed E-state index contributed by atoms with van der Waals surface area (Å²) >= 11 is 11.4. The minimum absolute atomic E-state index is 0.0617. The van der Waals surface area contributed by atoms with E-state index >= 15 is 0 Å². The second kappa shape index (κ2) is 6.02. The number of hydrogen-bond acceptors (Lipinski definition) is 4. The maximum absolute atomic E-state index is 11.8. The maximum atomic E-state index is 11.8. The monoisotopic (exact) mass is 278 g/mol. The van der Waals surface area contributed by atoms with Gasteiger partial charge in [0.1, 0.15) is 5.02 Å². The summed E-state index contributed by atoms with van der Waals surface area (Å²) in [6.45, 7) is 3.68. The number of halogens is 2. The highest BCUT2D eigenvalue weighted by molar-refractivity contribution is 6.41. The fraction of sp³-hybridized carbons (Fsp3) is 0.500. The van der Waals surface area contributed by atoms with Gasteiger partial charge in [-0.2, -0.15) is 5.10 Å². The van der Waals surface area contributed by atoms with Gasteiger partial charge in [-0.1, -0.05) is 30.1 Å². The number of aromatic nitrogens is 2. The van der Waals surface area contributed by atoms with E-state index in [1.807, 2.05) is 0 Å². The van der Waals surface area contributed by atoms with Crippen LogP contribution in [-0.2, 0) is 9.53 Å². The first kappa shape index (κ1) is 14.0. The van der Waals surface area contributed by atoms with Crippen molar-refractivity contribution in [2.45, 2.75) is 26.3 Å². The van der Waals surface area contributed by atoms with E-state index in [4.69, 9.17) is 27.9 Å². The SMILES string of the molecule is CCOC(=O)C(CC)n1ncc(Cl)c(Cl)c1=O. The second-order valence-corrected chi connectivity index (χ2v) is 4.02. The first-order valence-electron chi connectivity index (χ1n) is 5.12. The third kappa shape index (κ3) is 2.98. The van der Waals surface area contributed by atoms with Gasteiger partial charge in [0.05, 0.1) is 17.8 Å². The van der Waals surface area contributed by atoms with Gasteiger partial charge >= 0.3 is 5.97 Å². The van der Waals surface area contributed by atoms with Crippen LogP contribution >= 0.6 is 23.2 Å². The minimum Gasteiger partial charge on any atom is -0.464 e. The van der Waals surface area contributed by atoms with Crippen LogP contribution < -0.4 is 5.56 Å². The Morgan fingerprint density at radius 2 is 2.18 bits per heavy atom. The van der Waals surface area contributed by atoms with Gasteiger partial charge in [-0.3, -0.25) is 4.79 Å². The summed E-state index contributed by atoms with van der Waals surface area (Å²) in [7, 11) is 0. The normalized spacial score (nSPS) is 12.2. The molecule has 1 atom stereocenters. The van der Waals surface area contributed by atoms with Gasteiger partial charge in [0.15, 0.2) is 6.04 Å². The van der Waals surface area contributed by atoms with Crippen molar-refractivity contribution in [3.63, 3.8) is 0 Å². The molecule has 1 unspecified atom stereocenters. The molecule has 1 heterocycles. The van der Waals surface area contributed by atoms with Crippen molar-refractivity contribution in [2.75, 3.05) is 6.61 Å². The summed E-state index contributed by atoms with van der Waals surface area (Å²) in [5.74, 6) is -0.511. The fourth-order valence-corrected chi connectivity index (χ4v) is 1.58. The summed E-state index contributed by atoms with van der Waals surface area (Å²) in [6.07, 6.45) is 1.61. The van der Waals surface area contributed by atoms with Crippen molar-refractivity contribution in [3.05, 3.63) is 26.6 Å². The van der Waals surface area contributed by atoms with Crippen LogP contribution in [0.2, 0.25) is 10.0 Å². The smallest absolute Gasteiger partial charge is 0.331 e. The largest absolute Gasteiger partial charge is 0.464 e. The third-order valence-electron chi connectivity index (χ3n) is 2.14. The van der Waals surface area contributed by atoms with Crippen LogP contribution in [0, 0.1) is 0 Å². The lowest BCUT2D eigenvalue weighted by Gasteiger charge is -2.15. The Bertz CT molecular complexity index is 473. The maximum Gasteiger partial charge on any atom is 0.331 e. The van der Waals surface area contributed by atoms with Crippen LogP contribution in [0.15, 0.2) is 11.0 Å². The molecule has 0 aromatic carbocycles. The van der Waals surface area contributed by atoms with Crippen LogP contribution in [0.5, 0.6) is 0 Å². The molecule has 0 N–H and O–H groups in total. The second-order valence-electron chi connectivity index (χ2n) is 3.23. The van der Waals surface area contributed by atoms with E-state index in [9.17, 15) is 9.59 Å². The number of carbonyl (C=O) groups excluding carboxylic acids is 1. The van der Waals surface area contributed by atoms with E-state index in [1.54, 1.807) is 13.8 Å². The molecule has 0 saturated heterocycles. The van der Waals surface area contributed by atoms with Crippen LogP contribution in [0.3, 0.4) is 0 Å². The minimum atomic E-state index is -0.780. The number of hydrogen-bond donors (Lipinski definition) is 0. The first-order valence-corrected chi connectivity index (χ1v) is 5.87. The van der Waals surface area contributed by atoms with Gasteiger partial charge in [0.2, 0.25) is 0 Å². The summed E-state index contributed by atoms with van der Waals surface area (Å²) in [5.41, 5.74) is -0.598. The molecule has 5 nitrogen and oxygen atoms in total. The lowest BCUT2D eigenvalue weighted by Crippen LogP contribution is -2.33. The predicted molar refractivity (Wildman–Crippen MR) is 64.5 cm³/mol. The van der Waals surface area contributed by atoms with Crippen LogP contribution in [0.25, 0.3) is 0 Å². The third-order valence-corrected chi connectivity index (χ3v) is 2.89. The quantitative estimate of drug-likeness (QED) is 0.791. The Hall–Kier alpha value is -1.07. The summed E-state index contributed by atoms with van der Waals surface area (Å²) in [4.78, 5) is 23.4. The molecule has 1 rings (SSSR count). The molecule has 0 radical (unpaired) electrons. The molecule has 17 heavy (non-hydrogen) atoms. The van der Waals surface area contributed by atoms with Crippen molar-refractivity contribution < 1.29 is 9.53 Å². The molecular weight excluding hydrogens is 267 g/mol. The van der Waals surface area contributed by atoms with Crippen molar-refractivity contribution in [1.82, 2.24) is 9.78 Å². The van der Waals surface area contributed by atoms with Gasteiger partial charge < -0.3 is 4.74 Å². The average molecular weight is 279 g/mol. The molecule has 0 aliphatic carbocycles. The van der Waals surface area contributed by atoms with E-state index in [0.717, 1.165) is 4.68 Å². The highest BCUT2D eigenvalue weighted by atomic mass is 35.5. The number of ether oxygens (including phenoxy) is 1. The summed E-state index contributed by atoms with van der Waals surface area (Å²) < 4.78 is 5.85. The van der Waals surface area contributed by atoms with Gasteiger partial charge in [0.25, 0.3) is 5.56 Å². The number of rotatable bonds is 4. The van der Waals surface area contributed by atoms with Crippen molar-refractivity contribution >= 4 is 29.2 Å². The van der Waals surface area contributed by atoms with Gasteiger partial charge in [-0.15, -0.1) is 0 Å². The van der Waals surface area contributed by atoms with E-state index in [-0.39, 0.29) is 16.7 Å². The zero-order valence-corrected chi connectivity index (χ0v) is 11.0. The standard InChI is InChI=1S/C10H12Cl2N2O3/c1-3-7(10(16)17-4-2)14-9(15)8(12)6(11)5-13-14/h5,7H,3-4H2,1-2H3. The summed E-state index contributed by atoms with van der Waals surface area (Å²) in [6, 6.07) is -0.780. The molecule has 0 aliphatic rings.